The molecule has 4 rings (SSSR count). The molecule has 0 amide bonds. The largest absolute Gasteiger partial charge is 0.451 e. The van der Waals surface area contributed by atoms with E-state index in [4.69, 9.17) is 16.3 Å². The molecule has 2 heterocycles. The molecule has 1 fully saturated rings. The fourth-order valence-electron chi connectivity index (χ4n) is 3.91. The zero-order chi connectivity index (χ0) is 23.8. The number of carbonyl (C=O) groups is 1. The van der Waals surface area contributed by atoms with Crippen molar-refractivity contribution < 1.29 is 17.9 Å². The molecule has 10 heteroatoms. The van der Waals surface area contributed by atoms with Crippen molar-refractivity contribution in [2.24, 2.45) is 5.92 Å². The van der Waals surface area contributed by atoms with Gasteiger partial charge in [0.05, 0.1) is 21.5 Å². The molecule has 0 bridgehead atoms. The summed E-state index contributed by atoms with van der Waals surface area (Å²) in [6.07, 6.45) is 0.872. The Kier molecular flexibility index (Phi) is 6.56. The number of sulfonamides is 1. The summed E-state index contributed by atoms with van der Waals surface area (Å²) in [6, 6.07) is 10.9. The number of H-pyrrole nitrogens is 1. The Labute approximate surface area is 196 Å². The number of benzene rings is 2. The first kappa shape index (κ1) is 23.4. The Morgan fingerprint density at radius 1 is 1.27 bits per heavy atom. The fourth-order valence-corrected chi connectivity index (χ4v) is 6.01. The van der Waals surface area contributed by atoms with E-state index >= 15 is 0 Å². The minimum Gasteiger partial charge on any atom is -0.451 e. The number of fused-ring (bicyclic) bond motifs is 1. The van der Waals surface area contributed by atoms with Gasteiger partial charge in [0.15, 0.2) is 11.9 Å². The number of aromatic nitrogens is 2. The number of nitrogens with zero attached hydrogens (tertiary/aromatic N) is 2. The fraction of sp³-hybridized carbons (Fsp3) is 0.348. The molecule has 1 aliphatic rings. The molecule has 8 nitrogen and oxygen atoms in total. The van der Waals surface area contributed by atoms with Gasteiger partial charge in [0.1, 0.15) is 4.90 Å². The number of piperidine rings is 1. The van der Waals surface area contributed by atoms with Crippen molar-refractivity contribution in [3.63, 3.8) is 0 Å². The van der Waals surface area contributed by atoms with Crippen molar-refractivity contribution in [1.82, 2.24) is 14.3 Å². The molecule has 1 saturated heterocycles. The molecule has 174 valence electrons. The minimum atomic E-state index is -3.86. The Morgan fingerprint density at radius 2 is 2.03 bits per heavy atom. The molecule has 0 radical (unpaired) electrons. The van der Waals surface area contributed by atoms with Gasteiger partial charge in [0, 0.05) is 13.1 Å². The van der Waals surface area contributed by atoms with E-state index < -0.39 is 22.1 Å². The van der Waals surface area contributed by atoms with Crippen LogP contribution in [0, 0.1) is 5.92 Å². The van der Waals surface area contributed by atoms with Gasteiger partial charge in [-0.1, -0.05) is 30.7 Å². The van der Waals surface area contributed by atoms with Crippen LogP contribution >= 0.6 is 11.6 Å². The predicted molar refractivity (Wildman–Crippen MR) is 125 cm³/mol. The molecule has 33 heavy (non-hydrogen) atoms. The van der Waals surface area contributed by atoms with E-state index in [-0.39, 0.29) is 32.8 Å². The monoisotopic (exact) mass is 489 g/mol. The summed E-state index contributed by atoms with van der Waals surface area (Å²) in [4.78, 5) is 32.0. The van der Waals surface area contributed by atoms with Gasteiger partial charge >= 0.3 is 5.97 Å². The zero-order valence-electron chi connectivity index (χ0n) is 18.2. The normalized spacial score (nSPS) is 18.2. The highest BCUT2D eigenvalue weighted by atomic mass is 35.5. The predicted octanol–water partition coefficient (Wildman–Crippen LogP) is 3.92. The molecular weight excluding hydrogens is 466 g/mol. The summed E-state index contributed by atoms with van der Waals surface area (Å²) in [5.74, 6) is -0.312. The van der Waals surface area contributed by atoms with Gasteiger partial charge in [-0.05, 0) is 56.0 Å². The van der Waals surface area contributed by atoms with Crippen molar-refractivity contribution >= 4 is 38.5 Å². The number of halogens is 1. The summed E-state index contributed by atoms with van der Waals surface area (Å²) in [5.41, 5.74) is 0.182. The quantitative estimate of drug-likeness (QED) is 0.544. The Bertz CT molecular complexity index is 1370. The number of ether oxygens (including phenoxy) is 1. The summed E-state index contributed by atoms with van der Waals surface area (Å²) >= 11 is 6.21. The number of para-hydroxylation sites is 1. The third-order valence-corrected chi connectivity index (χ3v) is 8.05. The molecule has 3 aromatic rings. The van der Waals surface area contributed by atoms with Crippen molar-refractivity contribution in [1.29, 1.82) is 0 Å². The van der Waals surface area contributed by atoms with Crippen LogP contribution in [0.3, 0.4) is 0 Å². The number of esters is 1. The smallest absolute Gasteiger partial charge is 0.338 e. The SMILES string of the molecule is CC1CCCN(S(=O)(=O)c2cc(C(=O)OC(C)c3nc4ccccc4c(=O)[nH]3)ccc2Cl)C1. The maximum absolute atomic E-state index is 13.2. The lowest BCUT2D eigenvalue weighted by atomic mass is 10.0. The first-order valence-corrected chi connectivity index (χ1v) is 12.5. The van der Waals surface area contributed by atoms with Crippen molar-refractivity contribution in [2.75, 3.05) is 13.1 Å². The molecule has 1 N–H and O–H groups in total. The van der Waals surface area contributed by atoms with E-state index in [2.05, 4.69) is 9.97 Å². The number of hydrogen-bond acceptors (Lipinski definition) is 6. The standard InChI is InChI=1S/C23H24ClN3O5S/c1-14-6-5-11-27(13-14)33(30,31)20-12-16(9-10-18(20)24)23(29)32-15(2)21-25-19-8-4-3-7-17(19)22(28)26-21/h3-4,7-10,12,14-15H,5-6,11,13H2,1-2H3,(H,25,26,28). The maximum Gasteiger partial charge on any atom is 0.338 e. The van der Waals surface area contributed by atoms with Gasteiger partial charge in [0.2, 0.25) is 10.0 Å². The minimum absolute atomic E-state index is 0.0398. The average molecular weight is 490 g/mol. The zero-order valence-corrected chi connectivity index (χ0v) is 19.8. The topological polar surface area (TPSA) is 109 Å². The maximum atomic E-state index is 13.2. The van der Waals surface area contributed by atoms with Crippen LogP contribution in [0.4, 0.5) is 0 Å². The average Bonchev–Trinajstić information content (AvgIpc) is 2.79. The highest BCUT2D eigenvalue weighted by molar-refractivity contribution is 7.89. The molecule has 0 spiro atoms. The van der Waals surface area contributed by atoms with Gasteiger partial charge in [0.25, 0.3) is 5.56 Å². The van der Waals surface area contributed by atoms with E-state index in [1.165, 1.54) is 22.5 Å². The van der Waals surface area contributed by atoms with Crippen LogP contribution in [0.1, 0.15) is 49.0 Å². The lowest BCUT2D eigenvalue weighted by Crippen LogP contribution is -2.39. The van der Waals surface area contributed by atoms with E-state index in [1.807, 2.05) is 6.92 Å². The Balaban J connectivity index is 1.58. The third-order valence-electron chi connectivity index (χ3n) is 5.70. The van der Waals surface area contributed by atoms with Crippen molar-refractivity contribution in [3.8, 4) is 0 Å². The molecule has 2 aromatic carbocycles. The van der Waals surface area contributed by atoms with E-state index in [1.54, 1.807) is 31.2 Å². The van der Waals surface area contributed by atoms with Crippen molar-refractivity contribution in [2.45, 2.75) is 37.7 Å². The number of carbonyl (C=O) groups excluding carboxylic acids is 1. The number of aromatic amines is 1. The third kappa shape index (κ3) is 4.80. The van der Waals surface area contributed by atoms with E-state index in [0.29, 0.717) is 24.0 Å². The van der Waals surface area contributed by atoms with Crippen LogP contribution in [-0.4, -0.2) is 41.7 Å². The van der Waals surface area contributed by atoms with Crippen LogP contribution in [-0.2, 0) is 14.8 Å². The first-order chi connectivity index (χ1) is 15.7. The molecular formula is C23H24ClN3O5S. The van der Waals surface area contributed by atoms with Gasteiger partial charge in [-0.25, -0.2) is 18.2 Å². The first-order valence-electron chi connectivity index (χ1n) is 10.7. The summed E-state index contributed by atoms with van der Waals surface area (Å²) in [6.45, 7) is 4.40. The number of hydrogen-bond donors (Lipinski definition) is 1. The second-order valence-electron chi connectivity index (χ2n) is 8.27. The van der Waals surface area contributed by atoms with Crippen LogP contribution in [0.2, 0.25) is 5.02 Å². The molecule has 1 aliphatic heterocycles. The Morgan fingerprint density at radius 3 is 2.79 bits per heavy atom. The van der Waals surface area contributed by atoms with Crippen LogP contribution < -0.4 is 5.56 Å². The van der Waals surface area contributed by atoms with Gasteiger partial charge in [-0.15, -0.1) is 0 Å². The molecule has 0 aliphatic carbocycles. The molecule has 2 atom stereocenters. The second kappa shape index (κ2) is 9.24. The second-order valence-corrected chi connectivity index (χ2v) is 10.6. The lowest BCUT2D eigenvalue weighted by molar-refractivity contribution is 0.0319. The molecule has 1 aromatic heterocycles. The highest BCUT2D eigenvalue weighted by Crippen LogP contribution is 2.29. The lowest BCUT2D eigenvalue weighted by Gasteiger charge is -2.30. The Hall–Kier alpha value is -2.75. The summed E-state index contributed by atoms with van der Waals surface area (Å²) in [7, 11) is -3.86. The van der Waals surface area contributed by atoms with Crippen molar-refractivity contribution in [3.05, 3.63) is 69.2 Å². The number of nitrogens with one attached hydrogen (secondary N) is 1. The molecule has 2 unspecified atom stereocenters. The van der Waals surface area contributed by atoms with Crippen LogP contribution in [0.25, 0.3) is 10.9 Å². The van der Waals surface area contributed by atoms with Crippen LogP contribution in [0.15, 0.2) is 52.2 Å². The van der Waals surface area contributed by atoms with Crippen LogP contribution in [0.5, 0.6) is 0 Å². The molecule has 0 saturated carbocycles. The van der Waals surface area contributed by atoms with E-state index in [0.717, 1.165) is 12.8 Å². The number of rotatable bonds is 5. The highest BCUT2D eigenvalue weighted by Gasteiger charge is 2.31. The van der Waals surface area contributed by atoms with Gasteiger partial charge < -0.3 is 9.72 Å². The summed E-state index contributed by atoms with van der Waals surface area (Å²) < 4.78 is 33.2. The van der Waals surface area contributed by atoms with E-state index in [9.17, 15) is 18.0 Å². The van der Waals surface area contributed by atoms with Gasteiger partial charge in [-0.3, -0.25) is 4.79 Å². The summed E-state index contributed by atoms with van der Waals surface area (Å²) in [5, 5.41) is 0.470. The van der Waals surface area contributed by atoms with Gasteiger partial charge in [-0.2, -0.15) is 4.31 Å².